The molecule has 0 aliphatic carbocycles. The second-order valence-electron chi connectivity index (χ2n) is 4.18. The molecule has 4 nitrogen and oxygen atoms in total. The van der Waals surface area contributed by atoms with Crippen molar-refractivity contribution in [1.82, 2.24) is 9.97 Å². The summed E-state index contributed by atoms with van der Waals surface area (Å²) in [5, 5.41) is 9.81. The van der Waals surface area contributed by atoms with Gasteiger partial charge in [-0.3, -0.25) is 0 Å². The molecule has 1 aromatic rings. The minimum Gasteiger partial charge on any atom is -0.390 e. The summed E-state index contributed by atoms with van der Waals surface area (Å²) in [7, 11) is 0. The van der Waals surface area contributed by atoms with E-state index in [1.54, 1.807) is 12.4 Å². The Morgan fingerprint density at radius 2 is 2.00 bits per heavy atom. The Kier molecular flexibility index (Phi) is 2.93. The van der Waals surface area contributed by atoms with Crippen molar-refractivity contribution in [3.8, 4) is 0 Å². The number of nitrogens with zero attached hydrogens (tertiary/aromatic N) is 3. The fourth-order valence-electron chi connectivity index (χ4n) is 1.69. The third-order valence-corrected chi connectivity index (χ3v) is 3.18. The Morgan fingerprint density at radius 3 is 2.53 bits per heavy atom. The summed E-state index contributed by atoms with van der Waals surface area (Å²) in [6, 6.07) is 0. The molecule has 1 N–H and O–H groups in total. The van der Waals surface area contributed by atoms with Crippen LogP contribution in [0.5, 0.6) is 0 Å². The van der Waals surface area contributed by atoms with Crippen molar-refractivity contribution in [2.24, 2.45) is 0 Å². The SMILES string of the molecule is CC1(O)CCN(c2cnc(Br)cn2)CC1. The van der Waals surface area contributed by atoms with Crippen molar-refractivity contribution in [1.29, 1.82) is 0 Å². The van der Waals surface area contributed by atoms with Gasteiger partial charge in [0.15, 0.2) is 0 Å². The summed E-state index contributed by atoms with van der Waals surface area (Å²) in [5.74, 6) is 0.883. The zero-order chi connectivity index (χ0) is 10.9. The maximum atomic E-state index is 9.81. The number of hydrogen-bond acceptors (Lipinski definition) is 4. The molecular weight excluding hydrogens is 258 g/mol. The van der Waals surface area contributed by atoms with Gasteiger partial charge in [-0.05, 0) is 35.7 Å². The molecule has 82 valence electrons. The standard InChI is InChI=1S/C10H14BrN3O/c1-10(15)2-4-14(5-3-10)9-7-12-8(11)6-13-9/h6-7,15H,2-5H2,1H3. The van der Waals surface area contributed by atoms with E-state index in [1.807, 2.05) is 6.92 Å². The van der Waals surface area contributed by atoms with Crippen LogP contribution in [-0.2, 0) is 0 Å². The molecular formula is C10H14BrN3O. The van der Waals surface area contributed by atoms with Gasteiger partial charge in [0.2, 0.25) is 0 Å². The van der Waals surface area contributed by atoms with E-state index in [4.69, 9.17) is 0 Å². The van der Waals surface area contributed by atoms with Crippen LogP contribution in [0.4, 0.5) is 5.82 Å². The summed E-state index contributed by atoms with van der Waals surface area (Å²) in [6.45, 7) is 3.56. The summed E-state index contributed by atoms with van der Waals surface area (Å²) in [5.41, 5.74) is -0.515. The first-order chi connectivity index (χ1) is 7.07. The topological polar surface area (TPSA) is 49.2 Å². The number of piperidine rings is 1. The lowest BCUT2D eigenvalue weighted by Gasteiger charge is -2.36. The first-order valence-electron chi connectivity index (χ1n) is 5.02. The van der Waals surface area contributed by atoms with E-state index in [-0.39, 0.29) is 0 Å². The highest BCUT2D eigenvalue weighted by molar-refractivity contribution is 9.10. The van der Waals surface area contributed by atoms with Crippen molar-refractivity contribution in [3.05, 3.63) is 17.0 Å². The van der Waals surface area contributed by atoms with Gasteiger partial charge in [0.25, 0.3) is 0 Å². The zero-order valence-corrected chi connectivity index (χ0v) is 10.2. The molecule has 0 spiro atoms. The fraction of sp³-hybridized carbons (Fsp3) is 0.600. The lowest BCUT2D eigenvalue weighted by molar-refractivity contribution is 0.0350. The van der Waals surface area contributed by atoms with Crippen LogP contribution in [-0.4, -0.2) is 33.8 Å². The molecule has 0 amide bonds. The molecule has 0 bridgehead atoms. The highest BCUT2D eigenvalue weighted by Crippen LogP contribution is 2.24. The summed E-state index contributed by atoms with van der Waals surface area (Å²) in [6.07, 6.45) is 5.02. The average molecular weight is 272 g/mol. The van der Waals surface area contributed by atoms with Crippen LogP contribution >= 0.6 is 15.9 Å². The van der Waals surface area contributed by atoms with E-state index >= 15 is 0 Å². The van der Waals surface area contributed by atoms with Crippen molar-refractivity contribution in [2.45, 2.75) is 25.4 Å². The first kappa shape index (κ1) is 10.8. The highest BCUT2D eigenvalue weighted by atomic mass is 79.9. The largest absolute Gasteiger partial charge is 0.390 e. The normalized spacial score (nSPS) is 20.3. The molecule has 2 rings (SSSR count). The molecule has 0 atom stereocenters. The van der Waals surface area contributed by atoms with Gasteiger partial charge in [-0.25, -0.2) is 9.97 Å². The predicted molar refractivity (Wildman–Crippen MR) is 61.8 cm³/mol. The molecule has 1 saturated heterocycles. The van der Waals surface area contributed by atoms with E-state index in [1.165, 1.54) is 0 Å². The molecule has 1 fully saturated rings. The number of hydrogen-bond donors (Lipinski definition) is 1. The Balaban J connectivity index is 2.04. The van der Waals surface area contributed by atoms with E-state index in [2.05, 4.69) is 30.8 Å². The maximum absolute atomic E-state index is 9.81. The smallest absolute Gasteiger partial charge is 0.147 e. The first-order valence-corrected chi connectivity index (χ1v) is 5.81. The molecule has 0 saturated carbocycles. The number of aliphatic hydroxyl groups is 1. The monoisotopic (exact) mass is 271 g/mol. The van der Waals surface area contributed by atoms with Gasteiger partial charge < -0.3 is 10.0 Å². The van der Waals surface area contributed by atoms with Gasteiger partial charge >= 0.3 is 0 Å². The predicted octanol–water partition coefficient (Wildman–Crippen LogP) is 1.59. The molecule has 1 aliphatic rings. The Hall–Kier alpha value is -0.680. The lowest BCUT2D eigenvalue weighted by Crippen LogP contribution is -2.42. The molecule has 0 radical (unpaired) electrons. The van der Waals surface area contributed by atoms with Gasteiger partial charge in [0.1, 0.15) is 10.4 Å². The van der Waals surface area contributed by atoms with E-state index in [0.717, 1.165) is 36.4 Å². The molecule has 1 aliphatic heterocycles. The van der Waals surface area contributed by atoms with Crippen LogP contribution in [0.2, 0.25) is 0 Å². The van der Waals surface area contributed by atoms with E-state index in [9.17, 15) is 5.11 Å². The molecule has 15 heavy (non-hydrogen) atoms. The summed E-state index contributed by atoms with van der Waals surface area (Å²) >= 11 is 3.26. The highest BCUT2D eigenvalue weighted by Gasteiger charge is 2.27. The van der Waals surface area contributed by atoms with Crippen LogP contribution in [0.15, 0.2) is 17.0 Å². The minimum atomic E-state index is -0.515. The zero-order valence-electron chi connectivity index (χ0n) is 8.65. The van der Waals surface area contributed by atoms with Crippen LogP contribution in [0.3, 0.4) is 0 Å². The molecule has 2 heterocycles. The molecule has 0 unspecified atom stereocenters. The van der Waals surface area contributed by atoms with Gasteiger partial charge in [0, 0.05) is 13.1 Å². The van der Waals surface area contributed by atoms with Gasteiger partial charge in [-0.2, -0.15) is 0 Å². The number of anilines is 1. The Labute approximate surface area is 97.5 Å². The van der Waals surface area contributed by atoms with Crippen LogP contribution < -0.4 is 4.90 Å². The van der Waals surface area contributed by atoms with Crippen molar-refractivity contribution >= 4 is 21.7 Å². The van der Waals surface area contributed by atoms with E-state index in [0.29, 0.717) is 0 Å². The minimum absolute atomic E-state index is 0.515. The molecule has 0 aromatic carbocycles. The van der Waals surface area contributed by atoms with Crippen molar-refractivity contribution in [3.63, 3.8) is 0 Å². The Morgan fingerprint density at radius 1 is 1.33 bits per heavy atom. The summed E-state index contributed by atoms with van der Waals surface area (Å²) < 4.78 is 0.746. The van der Waals surface area contributed by atoms with Gasteiger partial charge in [0.05, 0.1) is 18.0 Å². The quantitative estimate of drug-likeness (QED) is 0.843. The molecule has 5 heteroatoms. The van der Waals surface area contributed by atoms with E-state index < -0.39 is 5.60 Å². The second kappa shape index (κ2) is 4.06. The molecule has 1 aromatic heterocycles. The van der Waals surface area contributed by atoms with Crippen LogP contribution in [0.1, 0.15) is 19.8 Å². The Bertz CT molecular complexity index is 329. The van der Waals surface area contributed by atoms with Crippen molar-refractivity contribution in [2.75, 3.05) is 18.0 Å². The fourth-order valence-corrected chi connectivity index (χ4v) is 1.89. The summed E-state index contributed by atoms with van der Waals surface area (Å²) in [4.78, 5) is 10.6. The lowest BCUT2D eigenvalue weighted by atomic mass is 9.94. The third kappa shape index (κ3) is 2.66. The van der Waals surface area contributed by atoms with Crippen molar-refractivity contribution < 1.29 is 5.11 Å². The van der Waals surface area contributed by atoms with Crippen LogP contribution in [0.25, 0.3) is 0 Å². The van der Waals surface area contributed by atoms with Gasteiger partial charge in [-0.1, -0.05) is 0 Å². The average Bonchev–Trinajstić information content (AvgIpc) is 2.20. The van der Waals surface area contributed by atoms with Crippen LogP contribution in [0, 0.1) is 0 Å². The maximum Gasteiger partial charge on any atom is 0.147 e. The number of rotatable bonds is 1. The van der Waals surface area contributed by atoms with Gasteiger partial charge in [-0.15, -0.1) is 0 Å². The number of aromatic nitrogens is 2. The number of halogens is 1. The third-order valence-electron chi connectivity index (χ3n) is 2.77. The second-order valence-corrected chi connectivity index (χ2v) is 4.99.